The van der Waals surface area contributed by atoms with Crippen LogP contribution >= 0.6 is 35.3 Å². The van der Waals surface area contributed by atoms with E-state index in [-0.39, 0.29) is 24.0 Å². The highest BCUT2D eigenvalue weighted by atomic mass is 127. The molecule has 0 atom stereocenters. The number of aliphatic imine (C=N–C) groups is 1. The Bertz CT molecular complexity index is 621. The molecule has 0 aromatic carbocycles. The molecule has 140 valence electrons. The summed E-state index contributed by atoms with van der Waals surface area (Å²) in [6, 6.07) is 4.29. The Labute approximate surface area is 172 Å². The Morgan fingerprint density at radius 3 is 2.88 bits per heavy atom. The summed E-state index contributed by atoms with van der Waals surface area (Å²) in [6.45, 7) is 9.93. The van der Waals surface area contributed by atoms with Crippen LogP contribution in [0.5, 0.6) is 0 Å². The van der Waals surface area contributed by atoms with Crippen LogP contribution < -0.4 is 5.32 Å². The highest BCUT2D eigenvalue weighted by Crippen LogP contribution is 2.10. The third-order valence-electron chi connectivity index (χ3n) is 3.70. The minimum Gasteiger partial charge on any atom is -0.357 e. The van der Waals surface area contributed by atoms with Crippen LogP contribution in [-0.2, 0) is 19.5 Å². The molecule has 2 aromatic heterocycles. The van der Waals surface area contributed by atoms with Crippen molar-refractivity contribution in [2.45, 2.75) is 40.3 Å². The second-order valence-corrected chi connectivity index (χ2v) is 7.34. The summed E-state index contributed by atoms with van der Waals surface area (Å²) in [6.07, 6.45) is 4.94. The molecule has 5 nitrogen and oxygen atoms in total. The first kappa shape index (κ1) is 22.0. The number of halogens is 1. The smallest absolute Gasteiger partial charge is 0.194 e. The van der Waals surface area contributed by atoms with Crippen molar-refractivity contribution in [1.29, 1.82) is 0 Å². The van der Waals surface area contributed by atoms with Gasteiger partial charge in [-0.05, 0) is 30.7 Å². The molecule has 2 aromatic rings. The number of hydrogen-bond acceptors (Lipinski definition) is 3. The molecule has 0 radical (unpaired) electrons. The number of rotatable bonds is 8. The molecule has 2 rings (SSSR count). The van der Waals surface area contributed by atoms with Crippen molar-refractivity contribution in [3.05, 3.63) is 40.6 Å². The van der Waals surface area contributed by atoms with E-state index in [0.717, 1.165) is 37.8 Å². The van der Waals surface area contributed by atoms with Crippen LogP contribution in [0.2, 0.25) is 0 Å². The zero-order chi connectivity index (χ0) is 17.4. The molecule has 2 heterocycles. The fourth-order valence-electron chi connectivity index (χ4n) is 2.51. The molecule has 0 saturated heterocycles. The van der Waals surface area contributed by atoms with Crippen molar-refractivity contribution in [2.24, 2.45) is 10.9 Å². The monoisotopic (exact) mass is 475 g/mol. The van der Waals surface area contributed by atoms with Crippen molar-refractivity contribution >= 4 is 41.3 Å². The Kier molecular flexibility index (Phi) is 10.1. The minimum atomic E-state index is 0. The maximum atomic E-state index is 4.78. The Morgan fingerprint density at radius 2 is 2.24 bits per heavy atom. The molecular weight excluding hydrogens is 445 g/mol. The quantitative estimate of drug-likeness (QED) is 0.358. The molecular formula is C18H30IN5S. The van der Waals surface area contributed by atoms with Crippen LogP contribution in [0.25, 0.3) is 0 Å². The molecule has 0 spiro atoms. The van der Waals surface area contributed by atoms with Crippen LogP contribution in [0.1, 0.15) is 31.5 Å². The normalized spacial score (nSPS) is 11.5. The van der Waals surface area contributed by atoms with Crippen LogP contribution in [0.3, 0.4) is 0 Å². The van der Waals surface area contributed by atoms with Crippen molar-refractivity contribution < 1.29 is 0 Å². The molecule has 1 N–H and O–H groups in total. The third-order valence-corrected chi connectivity index (χ3v) is 4.64. The lowest BCUT2D eigenvalue weighted by atomic mass is 10.2. The first-order valence-corrected chi connectivity index (χ1v) is 9.50. The number of guanidine groups is 1. The highest BCUT2D eigenvalue weighted by molar-refractivity contribution is 14.0. The first-order valence-electron chi connectivity index (χ1n) is 8.62. The fraction of sp³-hybridized carbons (Fsp3) is 0.556. The topological polar surface area (TPSA) is 45.5 Å². The third kappa shape index (κ3) is 7.35. The lowest BCUT2D eigenvalue weighted by Crippen LogP contribution is -2.40. The Morgan fingerprint density at radius 1 is 1.44 bits per heavy atom. The van der Waals surface area contributed by atoms with E-state index in [9.17, 15) is 0 Å². The van der Waals surface area contributed by atoms with E-state index in [1.807, 2.05) is 23.7 Å². The van der Waals surface area contributed by atoms with Crippen LogP contribution in [-0.4, -0.2) is 40.5 Å². The maximum absolute atomic E-state index is 4.78. The van der Waals surface area contributed by atoms with E-state index in [1.54, 1.807) is 0 Å². The number of thiophene rings is 1. The van der Waals surface area contributed by atoms with Crippen LogP contribution in [0.15, 0.2) is 34.9 Å². The van der Waals surface area contributed by atoms with Gasteiger partial charge < -0.3 is 14.8 Å². The van der Waals surface area contributed by atoms with Crippen molar-refractivity contribution in [3.63, 3.8) is 0 Å². The van der Waals surface area contributed by atoms with Gasteiger partial charge >= 0.3 is 0 Å². The van der Waals surface area contributed by atoms with Crippen molar-refractivity contribution in [3.8, 4) is 0 Å². The summed E-state index contributed by atoms with van der Waals surface area (Å²) in [5.74, 6) is 2.56. The van der Waals surface area contributed by atoms with Gasteiger partial charge in [0.15, 0.2) is 5.96 Å². The van der Waals surface area contributed by atoms with Crippen LogP contribution in [0.4, 0.5) is 0 Å². The molecule has 0 aliphatic rings. The maximum Gasteiger partial charge on any atom is 0.194 e. The molecule has 25 heavy (non-hydrogen) atoms. The van der Waals surface area contributed by atoms with Crippen LogP contribution in [0, 0.1) is 5.92 Å². The van der Waals surface area contributed by atoms with Gasteiger partial charge in [0.2, 0.25) is 0 Å². The van der Waals surface area contributed by atoms with Gasteiger partial charge in [-0.15, -0.1) is 35.3 Å². The standard InChI is InChI=1S/C18H29N5S.HI/c1-5-19-18(22(4)10-8-16-7-6-12-24-16)21-13-17-20-9-11-23(17)14-15(2)3;/h6-7,9,11-12,15H,5,8,10,13-14H2,1-4H3,(H,19,21);1H. The predicted octanol–water partition coefficient (Wildman–Crippen LogP) is 3.86. The van der Waals surface area contributed by atoms with E-state index in [4.69, 9.17) is 4.99 Å². The largest absolute Gasteiger partial charge is 0.357 e. The lowest BCUT2D eigenvalue weighted by Gasteiger charge is -2.21. The van der Waals surface area contributed by atoms with Gasteiger partial charge in [0.1, 0.15) is 12.4 Å². The summed E-state index contributed by atoms with van der Waals surface area (Å²) in [5, 5.41) is 5.51. The number of aromatic nitrogens is 2. The fourth-order valence-corrected chi connectivity index (χ4v) is 3.20. The average molecular weight is 475 g/mol. The summed E-state index contributed by atoms with van der Waals surface area (Å²) in [7, 11) is 2.09. The highest BCUT2D eigenvalue weighted by Gasteiger charge is 2.08. The number of nitrogens with one attached hydrogen (secondary N) is 1. The van der Waals surface area contributed by atoms with E-state index in [2.05, 4.69) is 65.1 Å². The van der Waals surface area contributed by atoms with E-state index < -0.39 is 0 Å². The second kappa shape index (κ2) is 11.5. The molecule has 0 fully saturated rings. The second-order valence-electron chi connectivity index (χ2n) is 6.31. The van der Waals surface area contributed by atoms with E-state index in [1.165, 1.54) is 4.88 Å². The summed E-state index contributed by atoms with van der Waals surface area (Å²) in [4.78, 5) is 12.8. The van der Waals surface area contributed by atoms with Crippen molar-refractivity contribution in [1.82, 2.24) is 19.8 Å². The van der Waals surface area contributed by atoms with Gasteiger partial charge in [-0.1, -0.05) is 19.9 Å². The summed E-state index contributed by atoms with van der Waals surface area (Å²) in [5.41, 5.74) is 0. The predicted molar refractivity (Wildman–Crippen MR) is 118 cm³/mol. The van der Waals surface area contributed by atoms with Gasteiger partial charge in [-0.3, -0.25) is 0 Å². The number of imidazole rings is 1. The molecule has 0 amide bonds. The lowest BCUT2D eigenvalue weighted by molar-refractivity contribution is 0.482. The number of likely N-dealkylation sites (N-methyl/N-ethyl adjacent to an activating group) is 1. The number of nitrogens with zero attached hydrogens (tertiary/aromatic N) is 4. The molecule has 0 saturated carbocycles. The van der Waals surface area contributed by atoms with Crippen molar-refractivity contribution in [2.75, 3.05) is 20.1 Å². The molecule has 0 bridgehead atoms. The average Bonchev–Trinajstić information content (AvgIpc) is 3.20. The zero-order valence-electron chi connectivity index (χ0n) is 15.6. The van der Waals surface area contributed by atoms with E-state index >= 15 is 0 Å². The summed E-state index contributed by atoms with van der Waals surface area (Å²) < 4.78 is 2.20. The van der Waals surface area contributed by atoms with Gasteiger partial charge in [-0.2, -0.15) is 0 Å². The number of hydrogen-bond donors (Lipinski definition) is 1. The first-order chi connectivity index (χ1) is 11.6. The molecule has 0 unspecified atom stereocenters. The van der Waals surface area contributed by atoms with Gasteiger partial charge in [0, 0.05) is 44.0 Å². The Hall–Kier alpha value is -1.09. The van der Waals surface area contributed by atoms with E-state index in [0.29, 0.717) is 12.5 Å². The SMILES string of the molecule is CCNC(=NCc1nccn1CC(C)C)N(C)CCc1cccs1.I. The van der Waals surface area contributed by atoms with Gasteiger partial charge in [0.05, 0.1) is 0 Å². The van der Waals surface area contributed by atoms with Gasteiger partial charge in [0.25, 0.3) is 0 Å². The molecule has 0 aliphatic carbocycles. The molecule has 7 heteroatoms. The zero-order valence-corrected chi connectivity index (χ0v) is 18.8. The minimum absolute atomic E-state index is 0. The Balaban J connectivity index is 0.00000312. The summed E-state index contributed by atoms with van der Waals surface area (Å²) >= 11 is 1.81. The molecule has 0 aliphatic heterocycles. The van der Waals surface area contributed by atoms with Gasteiger partial charge in [-0.25, -0.2) is 9.98 Å².